The Morgan fingerprint density at radius 2 is 1.59 bits per heavy atom. The average molecular weight is 440 g/mol. The van der Waals surface area contributed by atoms with Gasteiger partial charge in [-0.3, -0.25) is 34.3 Å². The van der Waals surface area contributed by atoms with Crippen LogP contribution in [0, 0.1) is 5.92 Å². The number of hydrogen-bond acceptors (Lipinski definition) is 7. The zero-order valence-corrected chi connectivity index (χ0v) is 18.1. The minimum Gasteiger partial charge on any atom is -0.369 e. The van der Waals surface area contributed by atoms with E-state index in [1.807, 2.05) is 6.07 Å². The van der Waals surface area contributed by atoms with Crippen molar-refractivity contribution < 1.29 is 19.2 Å². The minimum absolute atomic E-state index is 0.122. The van der Waals surface area contributed by atoms with Gasteiger partial charge in [0.15, 0.2) is 0 Å². The summed E-state index contributed by atoms with van der Waals surface area (Å²) in [6, 6.07) is 4.44. The maximum Gasteiger partial charge on any atom is 0.262 e. The fourth-order valence-corrected chi connectivity index (χ4v) is 5.27. The second kappa shape index (κ2) is 8.63. The summed E-state index contributed by atoms with van der Waals surface area (Å²) in [7, 11) is 0. The van der Waals surface area contributed by atoms with Gasteiger partial charge in [0.2, 0.25) is 11.8 Å². The highest BCUT2D eigenvalue weighted by atomic mass is 16.2. The first-order chi connectivity index (χ1) is 15.5. The number of benzene rings is 1. The highest BCUT2D eigenvalue weighted by molar-refractivity contribution is 6.23. The van der Waals surface area contributed by atoms with E-state index in [2.05, 4.69) is 20.4 Å². The van der Waals surface area contributed by atoms with Gasteiger partial charge < -0.3 is 10.2 Å². The van der Waals surface area contributed by atoms with E-state index in [1.165, 1.54) is 12.8 Å². The van der Waals surface area contributed by atoms with Crippen LogP contribution in [0.25, 0.3) is 0 Å². The predicted octanol–water partition coefficient (Wildman–Crippen LogP) is 0.209. The molecule has 2 N–H and O–H groups in total. The van der Waals surface area contributed by atoms with Crippen molar-refractivity contribution in [3.8, 4) is 0 Å². The molecule has 3 fully saturated rings. The third-order valence-corrected chi connectivity index (χ3v) is 7.14. The van der Waals surface area contributed by atoms with Crippen molar-refractivity contribution in [2.45, 2.75) is 31.7 Å². The number of fused-ring (bicyclic) bond motifs is 1. The molecular formula is C23H29N5O4. The Morgan fingerprint density at radius 3 is 2.31 bits per heavy atom. The van der Waals surface area contributed by atoms with Crippen molar-refractivity contribution in [1.82, 2.24) is 20.4 Å². The molecule has 4 heterocycles. The zero-order chi connectivity index (χ0) is 22.2. The smallest absolute Gasteiger partial charge is 0.262 e. The van der Waals surface area contributed by atoms with Gasteiger partial charge in [0, 0.05) is 44.8 Å². The van der Waals surface area contributed by atoms with Gasteiger partial charge in [0.25, 0.3) is 11.8 Å². The Morgan fingerprint density at radius 1 is 0.875 bits per heavy atom. The molecule has 0 bridgehead atoms. The molecule has 0 radical (unpaired) electrons. The molecule has 9 nitrogen and oxygen atoms in total. The van der Waals surface area contributed by atoms with Gasteiger partial charge in [-0.05, 0) is 56.5 Å². The second-order valence-corrected chi connectivity index (χ2v) is 9.16. The van der Waals surface area contributed by atoms with Crippen LogP contribution in [0.1, 0.15) is 46.4 Å². The molecule has 32 heavy (non-hydrogen) atoms. The van der Waals surface area contributed by atoms with E-state index < -0.39 is 23.8 Å². The summed E-state index contributed by atoms with van der Waals surface area (Å²) < 4.78 is 0. The predicted molar refractivity (Wildman–Crippen MR) is 117 cm³/mol. The number of carbonyl (C=O) groups is 4. The number of rotatable bonds is 4. The molecule has 9 heteroatoms. The molecule has 1 atom stereocenters. The third-order valence-electron chi connectivity index (χ3n) is 7.14. The normalized spacial score (nSPS) is 25.3. The Bertz CT molecular complexity index is 950. The van der Waals surface area contributed by atoms with Crippen LogP contribution < -0.4 is 15.5 Å². The van der Waals surface area contributed by atoms with E-state index in [1.54, 1.807) is 12.1 Å². The lowest BCUT2D eigenvalue weighted by molar-refractivity contribution is -0.136. The molecule has 0 saturated carbocycles. The first kappa shape index (κ1) is 21.1. The summed E-state index contributed by atoms with van der Waals surface area (Å²) in [6.45, 7) is 7.09. The number of piperazine rings is 1. The van der Waals surface area contributed by atoms with Crippen LogP contribution in [0.3, 0.4) is 0 Å². The Balaban J connectivity index is 1.25. The highest BCUT2D eigenvalue weighted by Crippen LogP contribution is 2.31. The second-order valence-electron chi connectivity index (χ2n) is 9.16. The van der Waals surface area contributed by atoms with Crippen molar-refractivity contribution in [2.24, 2.45) is 5.92 Å². The van der Waals surface area contributed by atoms with Gasteiger partial charge >= 0.3 is 0 Å². The molecule has 4 aliphatic rings. The monoisotopic (exact) mass is 439 g/mol. The van der Waals surface area contributed by atoms with Crippen molar-refractivity contribution in [3.05, 3.63) is 29.3 Å². The number of amides is 4. The summed E-state index contributed by atoms with van der Waals surface area (Å²) >= 11 is 0. The standard InChI is InChI=1S/C23H29N5O4/c29-20-4-3-19(21(30)25-20)28-22(31)17-2-1-16(13-18(17)23(28)32)27-11-9-26(10-12-27)14-15-5-7-24-8-6-15/h1-2,13,15,19,24H,3-12,14H2,(H,25,29,30)/t19-/m0/s1. The number of nitrogens with one attached hydrogen (secondary N) is 2. The van der Waals surface area contributed by atoms with Crippen molar-refractivity contribution >= 4 is 29.3 Å². The first-order valence-electron chi connectivity index (χ1n) is 11.5. The summed E-state index contributed by atoms with van der Waals surface area (Å²) in [4.78, 5) is 55.4. The van der Waals surface area contributed by atoms with Crippen LogP contribution in [0.2, 0.25) is 0 Å². The lowest BCUT2D eigenvalue weighted by Gasteiger charge is -2.38. The summed E-state index contributed by atoms with van der Waals surface area (Å²) in [5, 5.41) is 5.65. The first-order valence-corrected chi connectivity index (χ1v) is 11.5. The maximum absolute atomic E-state index is 13.1. The van der Waals surface area contributed by atoms with E-state index in [0.29, 0.717) is 11.1 Å². The van der Waals surface area contributed by atoms with Crippen LogP contribution in [0.15, 0.2) is 18.2 Å². The lowest BCUT2D eigenvalue weighted by Crippen LogP contribution is -2.54. The fourth-order valence-electron chi connectivity index (χ4n) is 5.27. The topological polar surface area (TPSA) is 102 Å². The number of nitrogens with zero attached hydrogens (tertiary/aromatic N) is 3. The van der Waals surface area contributed by atoms with Gasteiger partial charge in [0.1, 0.15) is 6.04 Å². The van der Waals surface area contributed by atoms with Gasteiger partial charge in [-0.15, -0.1) is 0 Å². The molecular weight excluding hydrogens is 410 g/mol. The van der Waals surface area contributed by atoms with Gasteiger partial charge in [-0.1, -0.05) is 0 Å². The molecule has 1 aromatic carbocycles. The molecule has 170 valence electrons. The van der Waals surface area contributed by atoms with Crippen LogP contribution >= 0.6 is 0 Å². The summed E-state index contributed by atoms with van der Waals surface area (Å²) in [5.41, 5.74) is 1.60. The molecule has 3 saturated heterocycles. The Labute approximate surface area is 187 Å². The molecule has 0 aliphatic carbocycles. The Hall–Kier alpha value is -2.78. The van der Waals surface area contributed by atoms with Crippen LogP contribution in [-0.2, 0) is 9.59 Å². The van der Waals surface area contributed by atoms with Gasteiger partial charge in [-0.2, -0.15) is 0 Å². The molecule has 1 aromatic rings. The van der Waals surface area contributed by atoms with Crippen LogP contribution in [0.5, 0.6) is 0 Å². The van der Waals surface area contributed by atoms with Crippen LogP contribution in [0.4, 0.5) is 5.69 Å². The van der Waals surface area contributed by atoms with Crippen molar-refractivity contribution in [2.75, 3.05) is 50.7 Å². The largest absolute Gasteiger partial charge is 0.369 e. The zero-order valence-electron chi connectivity index (χ0n) is 18.1. The number of anilines is 1. The van der Waals surface area contributed by atoms with Crippen molar-refractivity contribution in [1.29, 1.82) is 0 Å². The fraction of sp³-hybridized carbons (Fsp3) is 0.565. The molecule has 0 unspecified atom stereocenters. The highest BCUT2D eigenvalue weighted by Gasteiger charge is 2.44. The molecule has 0 spiro atoms. The van der Waals surface area contributed by atoms with Crippen molar-refractivity contribution in [3.63, 3.8) is 0 Å². The van der Waals surface area contributed by atoms with E-state index in [0.717, 1.165) is 62.3 Å². The SMILES string of the molecule is O=C1CC[C@H](N2C(=O)c3ccc(N4CCN(CC5CCNCC5)CC4)cc3C2=O)C(=O)N1. The Kier molecular flexibility index (Phi) is 5.69. The quantitative estimate of drug-likeness (QED) is 0.647. The minimum atomic E-state index is -0.929. The maximum atomic E-state index is 13.1. The van der Waals surface area contributed by atoms with Gasteiger partial charge in [0.05, 0.1) is 11.1 Å². The van der Waals surface area contributed by atoms with E-state index in [9.17, 15) is 19.2 Å². The molecule has 0 aromatic heterocycles. The molecule has 4 aliphatic heterocycles. The molecule has 5 rings (SSSR count). The van der Waals surface area contributed by atoms with Crippen LogP contribution in [-0.4, -0.2) is 85.3 Å². The molecule has 4 amide bonds. The van der Waals surface area contributed by atoms with Gasteiger partial charge in [-0.25, -0.2) is 0 Å². The summed E-state index contributed by atoms with van der Waals surface area (Å²) in [6.07, 6.45) is 2.77. The van der Waals surface area contributed by atoms with E-state index in [-0.39, 0.29) is 18.7 Å². The number of hydrogen-bond donors (Lipinski definition) is 2. The number of imide groups is 2. The number of piperidine rings is 2. The third kappa shape index (κ3) is 3.91. The number of carbonyl (C=O) groups excluding carboxylic acids is 4. The lowest BCUT2D eigenvalue weighted by atomic mass is 9.97. The summed E-state index contributed by atoms with van der Waals surface area (Å²) in [5.74, 6) is -1.10. The average Bonchev–Trinajstić information content (AvgIpc) is 3.05. The van der Waals surface area contributed by atoms with E-state index >= 15 is 0 Å². The van der Waals surface area contributed by atoms with E-state index in [4.69, 9.17) is 0 Å².